The molecular formula is C22H33N3O3. The number of carbonyl (C=O) groups is 2. The third-order valence-corrected chi connectivity index (χ3v) is 5.81. The van der Waals surface area contributed by atoms with Gasteiger partial charge in [0.05, 0.1) is 18.6 Å². The van der Waals surface area contributed by atoms with Crippen molar-refractivity contribution in [3.8, 4) is 0 Å². The average Bonchev–Trinajstić information content (AvgIpc) is 2.72. The highest BCUT2D eigenvalue weighted by Crippen LogP contribution is 2.25. The van der Waals surface area contributed by atoms with Gasteiger partial charge in [0.2, 0.25) is 5.91 Å². The lowest BCUT2D eigenvalue weighted by Gasteiger charge is -2.44. The zero-order valence-corrected chi connectivity index (χ0v) is 16.9. The second kappa shape index (κ2) is 10.5. The molecule has 1 aliphatic carbocycles. The van der Waals surface area contributed by atoms with E-state index in [9.17, 15) is 9.59 Å². The number of hydrogen-bond donors (Lipinski definition) is 1. The molecule has 0 bridgehead atoms. The summed E-state index contributed by atoms with van der Waals surface area (Å²) in [4.78, 5) is 29.3. The van der Waals surface area contributed by atoms with E-state index in [1.54, 1.807) is 0 Å². The molecule has 0 spiro atoms. The lowest BCUT2D eigenvalue weighted by Crippen LogP contribution is -2.60. The smallest absolute Gasteiger partial charge is 0.407 e. The van der Waals surface area contributed by atoms with E-state index in [2.05, 4.69) is 17.1 Å². The Labute approximate surface area is 168 Å². The second-order valence-corrected chi connectivity index (χ2v) is 7.88. The maximum atomic E-state index is 12.7. The van der Waals surface area contributed by atoms with Gasteiger partial charge >= 0.3 is 6.09 Å². The van der Waals surface area contributed by atoms with E-state index >= 15 is 0 Å². The fraction of sp³-hybridized carbons (Fsp3) is 0.636. The molecule has 2 fully saturated rings. The van der Waals surface area contributed by atoms with Crippen molar-refractivity contribution < 1.29 is 14.3 Å². The first-order chi connectivity index (χ1) is 13.7. The van der Waals surface area contributed by atoms with Gasteiger partial charge < -0.3 is 15.0 Å². The molecule has 1 heterocycles. The largest absolute Gasteiger partial charge is 0.445 e. The molecule has 154 valence electrons. The van der Waals surface area contributed by atoms with E-state index in [4.69, 9.17) is 4.74 Å². The number of piperazine rings is 1. The molecule has 6 nitrogen and oxygen atoms in total. The summed E-state index contributed by atoms with van der Waals surface area (Å²) in [6.45, 7) is 5.61. The number of unbranched alkanes of at least 4 members (excludes halogenated alkanes) is 1. The Morgan fingerprint density at radius 2 is 1.96 bits per heavy atom. The summed E-state index contributed by atoms with van der Waals surface area (Å²) >= 11 is 0. The van der Waals surface area contributed by atoms with Crippen LogP contribution >= 0.6 is 0 Å². The normalized spacial score (nSPS) is 23.5. The van der Waals surface area contributed by atoms with Crippen molar-refractivity contribution in [3.05, 3.63) is 35.9 Å². The lowest BCUT2D eigenvalue weighted by atomic mass is 9.88. The van der Waals surface area contributed by atoms with Gasteiger partial charge in [0, 0.05) is 13.1 Å². The molecule has 6 heteroatoms. The highest BCUT2D eigenvalue weighted by molar-refractivity contribution is 5.79. The van der Waals surface area contributed by atoms with Crippen LogP contribution < -0.4 is 5.32 Å². The maximum Gasteiger partial charge on any atom is 0.407 e. The third kappa shape index (κ3) is 5.71. The highest BCUT2D eigenvalue weighted by Gasteiger charge is 2.36. The van der Waals surface area contributed by atoms with Crippen LogP contribution in [0.2, 0.25) is 0 Å². The van der Waals surface area contributed by atoms with Crippen molar-refractivity contribution in [3.63, 3.8) is 0 Å². The van der Waals surface area contributed by atoms with Gasteiger partial charge in [-0.3, -0.25) is 9.69 Å². The molecule has 0 radical (unpaired) electrons. The summed E-state index contributed by atoms with van der Waals surface area (Å²) in [5, 5.41) is 3.03. The van der Waals surface area contributed by atoms with Crippen LogP contribution in [0.25, 0.3) is 0 Å². The van der Waals surface area contributed by atoms with Crippen LogP contribution in [0.3, 0.4) is 0 Å². The number of nitrogens with zero attached hydrogens (tertiary/aromatic N) is 2. The Morgan fingerprint density at radius 1 is 1.18 bits per heavy atom. The molecule has 2 aliphatic rings. The number of carbonyl (C=O) groups excluding carboxylic acids is 2. The monoisotopic (exact) mass is 387 g/mol. The van der Waals surface area contributed by atoms with E-state index < -0.39 is 6.09 Å². The molecule has 1 saturated heterocycles. The molecule has 0 aromatic heterocycles. The first-order valence-electron chi connectivity index (χ1n) is 10.7. The van der Waals surface area contributed by atoms with Gasteiger partial charge in [0.1, 0.15) is 6.61 Å². The van der Waals surface area contributed by atoms with E-state index in [0.717, 1.165) is 63.7 Å². The van der Waals surface area contributed by atoms with Gasteiger partial charge in [-0.05, 0) is 31.4 Å². The number of benzene rings is 1. The number of hydrogen-bond acceptors (Lipinski definition) is 4. The predicted octanol–water partition coefficient (Wildman–Crippen LogP) is 3.17. The Balaban J connectivity index is 1.52. The van der Waals surface area contributed by atoms with Gasteiger partial charge in [-0.2, -0.15) is 0 Å². The van der Waals surface area contributed by atoms with E-state index in [1.165, 1.54) is 0 Å². The minimum Gasteiger partial charge on any atom is -0.445 e. The lowest BCUT2D eigenvalue weighted by molar-refractivity contribution is -0.140. The van der Waals surface area contributed by atoms with Crippen LogP contribution in [0.5, 0.6) is 0 Å². The first kappa shape index (κ1) is 20.6. The predicted molar refractivity (Wildman–Crippen MR) is 109 cm³/mol. The summed E-state index contributed by atoms with van der Waals surface area (Å²) in [5.74, 6) is 0.193. The summed E-state index contributed by atoms with van der Waals surface area (Å²) < 4.78 is 5.39. The molecule has 1 aliphatic heterocycles. The van der Waals surface area contributed by atoms with Crippen LogP contribution in [0.1, 0.15) is 51.0 Å². The molecule has 1 saturated carbocycles. The molecule has 3 rings (SSSR count). The molecular weight excluding hydrogens is 354 g/mol. The van der Waals surface area contributed by atoms with Crippen molar-refractivity contribution in [1.29, 1.82) is 0 Å². The molecule has 1 aromatic carbocycles. The fourth-order valence-corrected chi connectivity index (χ4v) is 4.23. The van der Waals surface area contributed by atoms with Gasteiger partial charge in [0.25, 0.3) is 0 Å². The molecule has 28 heavy (non-hydrogen) atoms. The highest BCUT2D eigenvalue weighted by atomic mass is 16.5. The second-order valence-electron chi connectivity index (χ2n) is 7.88. The van der Waals surface area contributed by atoms with Crippen LogP contribution in [0, 0.1) is 0 Å². The van der Waals surface area contributed by atoms with E-state index in [-0.39, 0.29) is 24.6 Å². The van der Waals surface area contributed by atoms with Crippen LogP contribution in [-0.4, -0.2) is 60.1 Å². The van der Waals surface area contributed by atoms with Crippen LogP contribution in [-0.2, 0) is 16.1 Å². The Kier molecular flexibility index (Phi) is 7.71. The summed E-state index contributed by atoms with van der Waals surface area (Å²) in [6, 6.07) is 9.73. The summed E-state index contributed by atoms with van der Waals surface area (Å²) in [5.41, 5.74) is 0.969. The fourth-order valence-electron chi connectivity index (χ4n) is 4.23. The summed E-state index contributed by atoms with van der Waals surface area (Å²) in [6.07, 6.45) is 5.91. The zero-order chi connectivity index (χ0) is 19.8. The Morgan fingerprint density at radius 3 is 2.71 bits per heavy atom. The standard InChI is InChI=1S/C22H33N3O3/c1-2-3-13-24-14-15-25(21(26)16-24)20-12-8-7-11-19(20)23-22(27)28-17-18-9-5-4-6-10-18/h4-6,9-10,19-20H,2-3,7-8,11-17H2,1H3,(H,23,27)/t19-,20+/m0/s1. The number of nitrogens with one attached hydrogen (secondary N) is 1. The van der Waals surface area contributed by atoms with E-state index in [1.807, 2.05) is 35.2 Å². The Hall–Kier alpha value is -2.08. The third-order valence-electron chi connectivity index (χ3n) is 5.81. The molecule has 2 atom stereocenters. The number of ether oxygens (including phenoxy) is 1. The quantitative estimate of drug-likeness (QED) is 0.781. The Bertz CT molecular complexity index is 637. The van der Waals surface area contributed by atoms with Crippen molar-refractivity contribution in [2.75, 3.05) is 26.2 Å². The number of amides is 2. The first-order valence-corrected chi connectivity index (χ1v) is 10.7. The molecule has 0 unspecified atom stereocenters. The number of rotatable bonds is 7. The van der Waals surface area contributed by atoms with Gasteiger partial charge in [-0.1, -0.05) is 56.5 Å². The number of alkyl carbamates (subject to hydrolysis) is 1. The van der Waals surface area contributed by atoms with Crippen molar-refractivity contribution in [2.24, 2.45) is 0 Å². The maximum absolute atomic E-state index is 12.7. The van der Waals surface area contributed by atoms with Gasteiger partial charge in [-0.25, -0.2) is 4.79 Å². The molecule has 1 N–H and O–H groups in total. The average molecular weight is 388 g/mol. The van der Waals surface area contributed by atoms with E-state index in [0.29, 0.717) is 6.54 Å². The van der Waals surface area contributed by atoms with Crippen LogP contribution in [0.4, 0.5) is 4.79 Å². The minimum absolute atomic E-state index is 0.0248. The topological polar surface area (TPSA) is 61.9 Å². The SMILES string of the molecule is CCCCN1CCN([C@@H]2CCCC[C@@H]2NC(=O)OCc2ccccc2)C(=O)C1. The summed E-state index contributed by atoms with van der Waals surface area (Å²) in [7, 11) is 0. The molecule has 2 amide bonds. The van der Waals surface area contributed by atoms with Crippen molar-refractivity contribution in [1.82, 2.24) is 15.1 Å². The zero-order valence-electron chi connectivity index (χ0n) is 16.9. The van der Waals surface area contributed by atoms with Crippen molar-refractivity contribution in [2.45, 2.75) is 64.1 Å². The van der Waals surface area contributed by atoms with Gasteiger partial charge in [-0.15, -0.1) is 0 Å². The van der Waals surface area contributed by atoms with Gasteiger partial charge in [0.15, 0.2) is 0 Å². The minimum atomic E-state index is -0.394. The van der Waals surface area contributed by atoms with Crippen molar-refractivity contribution >= 4 is 12.0 Å². The van der Waals surface area contributed by atoms with Crippen LogP contribution in [0.15, 0.2) is 30.3 Å². The molecule has 1 aromatic rings.